The van der Waals surface area contributed by atoms with E-state index in [1.165, 1.54) is 57.8 Å². The molecule has 5 heteroatoms. The normalized spacial score (nSPS) is 13.9. The number of carbonyl (C=O) groups excluding carboxylic acids is 1. The van der Waals surface area contributed by atoms with Gasteiger partial charge < -0.3 is 10.2 Å². The Balaban J connectivity index is 0.000000425. The summed E-state index contributed by atoms with van der Waals surface area (Å²) in [5.41, 5.74) is 0. The Morgan fingerprint density at radius 3 is 1.82 bits per heavy atom. The van der Waals surface area contributed by atoms with Crippen molar-refractivity contribution in [2.75, 3.05) is 13.2 Å². The maximum absolute atomic E-state index is 10.6. The first kappa shape index (κ1) is 20.9. The summed E-state index contributed by atoms with van der Waals surface area (Å²) >= 11 is 0. The number of aliphatic hydroxyl groups excluding tert-OH is 1. The van der Waals surface area contributed by atoms with E-state index < -0.39 is 6.09 Å². The van der Waals surface area contributed by atoms with Gasteiger partial charge in [0.25, 0.3) is 0 Å². The van der Waals surface area contributed by atoms with Crippen molar-refractivity contribution in [2.45, 2.75) is 84.0 Å². The number of rotatable bonds is 10. The van der Waals surface area contributed by atoms with E-state index in [2.05, 4.69) is 6.92 Å². The van der Waals surface area contributed by atoms with E-state index in [1.54, 1.807) is 0 Å². The summed E-state index contributed by atoms with van der Waals surface area (Å²) in [4.78, 5) is 21.5. The van der Waals surface area contributed by atoms with Gasteiger partial charge in [-0.05, 0) is 12.8 Å². The molecule has 2 N–H and O–H groups in total. The lowest BCUT2D eigenvalue weighted by molar-refractivity contribution is -0.125. The summed E-state index contributed by atoms with van der Waals surface area (Å²) in [5.74, 6) is -0.275. The number of unbranched alkanes of at least 4 members (excludes halogenated alkanes) is 9. The fourth-order valence-electron chi connectivity index (χ4n) is 2.45. The maximum Gasteiger partial charge on any atom is 0.414 e. The topological polar surface area (TPSA) is 77.8 Å². The minimum absolute atomic E-state index is 0.275. The number of amides is 2. The van der Waals surface area contributed by atoms with Crippen LogP contribution in [0.25, 0.3) is 0 Å². The lowest BCUT2D eigenvalue weighted by Gasteiger charge is -2.05. The van der Waals surface area contributed by atoms with Gasteiger partial charge in [0.05, 0.1) is 0 Å². The highest BCUT2D eigenvalue weighted by molar-refractivity contribution is 5.92. The van der Waals surface area contributed by atoms with Crippen LogP contribution in [0.1, 0.15) is 84.0 Å². The van der Waals surface area contributed by atoms with E-state index in [0.29, 0.717) is 26.0 Å². The molecule has 0 aromatic rings. The van der Waals surface area contributed by atoms with Crippen molar-refractivity contribution in [1.29, 1.82) is 0 Å². The molecule has 0 bridgehead atoms. The Bertz CT molecular complexity index is 284. The smallest absolute Gasteiger partial charge is 0.414 e. The summed E-state index contributed by atoms with van der Waals surface area (Å²) in [5, 5.41) is 16.9. The van der Waals surface area contributed by atoms with Gasteiger partial charge in [-0.15, -0.1) is 0 Å². The Kier molecular flexibility index (Phi) is 14.1. The van der Waals surface area contributed by atoms with Crippen molar-refractivity contribution in [1.82, 2.24) is 4.90 Å². The molecule has 1 rings (SSSR count). The molecule has 0 aromatic heterocycles. The second kappa shape index (κ2) is 14.8. The third kappa shape index (κ3) is 11.5. The molecule has 0 aliphatic carbocycles. The predicted octanol–water partition coefficient (Wildman–Crippen LogP) is 4.19. The quantitative estimate of drug-likeness (QED) is 0.593. The van der Waals surface area contributed by atoms with Crippen molar-refractivity contribution in [3.05, 3.63) is 0 Å². The van der Waals surface area contributed by atoms with Crippen LogP contribution in [0.5, 0.6) is 0 Å². The van der Waals surface area contributed by atoms with Gasteiger partial charge in [-0.2, -0.15) is 0 Å². The SMILES string of the molecule is CCCCCCCCCCCCO.O=C(O)N1CCCC1=O. The first-order valence-electron chi connectivity index (χ1n) is 8.77. The van der Waals surface area contributed by atoms with Crippen molar-refractivity contribution in [3.8, 4) is 0 Å². The van der Waals surface area contributed by atoms with Crippen LogP contribution in [-0.2, 0) is 4.79 Å². The number of carbonyl (C=O) groups is 2. The van der Waals surface area contributed by atoms with Gasteiger partial charge in [-0.3, -0.25) is 4.79 Å². The number of imide groups is 1. The van der Waals surface area contributed by atoms with E-state index in [9.17, 15) is 9.59 Å². The van der Waals surface area contributed by atoms with Crippen LogP contribution in [0.2, 0.25) is 0 Å². The molecule has 2 amide bonds. The Morgan fingerprint density at radius 1 is 1.00 bits per heavy atom. The highest BCUT2D eigenvalue weighted by atomic mass is 16.4. The maximum atomic E-state index is 10.6. The monoisotopic (exact) mass is 315 g/mol. The molecule has 0 saturated carbocycles. The van der Waals surface area contributed by atoms with Crippen molar-refractivity contribution in [2.24, 2.45) is 0 Å². The summed E-state index contributed by atoms with van der Waals surface area (Å²) in [6, 6.07) is 0. The van der Waals surface area contributed by atoms with E-state index in [4.69, 9.17) is 10.2 Å². The second-order valence-electron chi connectivity index (χ2n) is 5.84. The van der Waals surface area contributed by atoms with E-state index in [1.807, 2.05) is 0 Å². The highest BCUT2D eigenvalue weighted by Gasteiger charge is 2.25. The molecule has 0 atom stereocenters. The van der Waals surface area contributed by atoms with Gasteiger partial charge in [0.1, 0.15) is 0 Å². The molecular formula is C17H33NO4. The summed E-state index contributed by atoms with van der Waals surface area (Å²) < 4.78 is 0. The number of hydrogen-bond acceptors (Lipinski definition) is 3. The van der Waals surface area contributed by atoms with Crippen LogP contribution in [0, 0.1) is 0 Å². The predicted molar refractivity (Wildman–Crippen MR) is 87.9 cm³/mol. The molecule has 0 unspecified atom stereocenters. The van der Waals surface area contributed by atoms with Gasteiger partial charge in [0, 0.05) is 19.6 Å². The fraction of sp³-hybridized carbons (Fsp3) is 0.882. The average molecular weight is 315 g/mol. The Labute approximate surface area is 134 Å². The molecular weight excluding hydrogens is 282 g/mol. The average Bonchev–Trinajstić information content (AvgIpc) is 2.93. The van der Waals surface area contributed by atoms with Gasteiger partial charge >= 0.3 is 6.09 Å². The summed E-state index contributed by atoms with van der Waals surface area (Å²) in [6.07, 6.45) is 13.2. The zero-order chi connectivity index (χ0) is 16.6. The van der Waals surface area contributed by atoms with Crippen LogP contribution >= 0.6 is 0 Å². The fourth-order valence-corrected chi connectivity index (χ4v) is 2.45. The van der Waals surface area contributed by atoms with Crippen LogP contribution in [-0.4, -0.2) is 40.3 Å². The second-order valence-corrected chi connectivity index (χ2v) is 5.84. The first-order valence-corrected chi connectivity index (χ1v) is 8.77. The lowest BCUT2D eigenvalue weighted by atomic mass is 10.1. The zero-order valence-corrected chi connectivity index (χ0v) is 14.1. The van der Waals surface area contributed by atoms with E-state index in [-0.39, 0.29) is 5.91 Å². The molecule has 5 nitrogen and oxygen atoms in total. The lowest BCUT2D eigenvalue weighted by Crippen LogP contribution is -2.29. The van der Waals surface area contributed by atoms with Crippen LogP contribution in [0.15, 0.2) is 0 Å². The van der Waals surface area contributed by atoms with Gasteiger partial charge in [-0.1, -0.05) is 64.7 Å². The molecule has 0 spiro atoms. The number of aliphatic hydroxyl groups is 1. The van der Waals surface area contributed by atoms with Crippen LogP contribution in [0.4, 0.5) is 4.79 Å². The Morgan fingerprint density at radius 2 is 1.50 bits per heavy atom. The van der Waals surface area contributed by atoms with Gasteiger partial charge in [0.15, 0.2) is 0 Å². The number of carboxylic acid groups (broad SMARTS) is 1. The molecule has 0 radical (unpaired) electrons. The highest BCUT2D eigenvalue weighted by Crippen LogP contribution is 2.10. The molecule has 1 aliphatic rings. The van der Waals surface area contributed by atoms with E-state index >= 15 is 0 Å². The molecule has 0 aromatic carbocycles. The summed E-state index contributed by atoms with van der Waals surface area (Å²) in [7, 11) is 0. The molecule has 1 aliphatic heterocycles. The van der Waals surface area contributed by atoms with Crippen molar-refractivity contribution < 1.29 is 19.8 Å². The minimum atomic E-state index is -1.13. The third-order valence-corrected chi connectivity index (χ3v) is 3.82. The molecule has 130 valence electrons. The van der Waals surface area contributed by atoms with Crippen LogP contribution < -0.4 is 0 Å². The summed E-state index contributed by atoms with van der Waals surface area (Å²) in [6.45, 7) is 3.00. The molecule has 22 heavy (non-hydrogen) atoms. The third-order valence-electron chi connectivity index (χ3n) is 3.82. The molecule has 1 saturated heterocycles. The molecule has 1 fully saturated rings. The zero-order valence-electron chi connectivity index (χ0n) is 14.1. The van der Waals surface area contributed by atoms with Crippen molar-refractivity contribution >= 4 is 12.0 Å². The van der Waals surface area contributed by atoms with E-state index in [0.717, 1.165) is 11.3 Å². The Hall–Kier alpha value is -1.10. The first-order chi connectivity index (χ1) is 10.6. The number of hydrogen-bond donors (Lipinski definition) is 2. The molecule has 1 heterocycles. The van der Waals surface area contributed by atoms with Gasteiger partial charge in [-0.25, -0.2) is 9.69 Å². The minimum Gasteiger partial charge on any atom is -0.465 e. The van der Waals surface area contributed by atoms with Crippen LogP contribution in [0.3, 0.4) is 0 Å². The number of nitrogens with zero attached hydrogens (tertiary/aromatic N) is 1. The standard InChI is InChI=1S/C12H26O.C5H7NO3/c1-2-3-4-5-6-7-8-9-10-11-12-13;7-4-2-1-3-6(4)5(8)9/h13H,2-12H2,1H3;1-3H2,(H,8,9). The van der Waals surface area contributed by atoms with Crippen molar-refractivity contribution in [3.63, 3.8) is 0 Å². The largest absolute Gasteiger partial charge is 0.465 e. The number of likely N-dealkylation sites (tertiary alicyclic amines) is 1. The van der Waals surface area contributed by atoms with Gasteiger partial charge in [0.2, 0.25) is 5.91 Å².